The van der Waals surface area contributed by atoms with Gasteiger partial charge in [0.25, 0.3) is 0 Å². The summed E-state index contributed by atoms with van der Waals surface area (Å²) in [7, 11) is 1.82. The summed E-state index contributed by atoms with van der Waals surface area (Å²) >= 11 is 1.76. The quantitative estimate of drug-likeness (QED) is 0.440. The Bertz CT molecular complexity index is 398. The summed E-state index contributed by atoms with van der Waals surface area (Å²) in [4.78, 5) is 8.71. The van der Waals surface area contributed by atoms with E-state index in [1.54, 1.807) is 11.3 Å². The molecule has 0 amide bonds. The van der Waals surface area contributed by atoms with Gasteiger partial charge in [-0.25, -0.2) is 4.98 Å². The van der Waals surface area contributed by atoms with Crippen molar-refractivity contribution in [2.45, 2.75) is 46.5 Å². The van der Waals surface area contributed by atoms with Crippen molar-refractivity contribution in [2.24, 2.45) is 10.9 Å². The lowest BCUT2D eigenvalue weighted by Crippen LogP contribution is -2.38. The molecule has 114 valence electrons. The van der Waals surface area contributed by atoms with Crippen LogP contribution in [0, 0.1) is 12.8 Å². The van der Waals surface area contributed by atoms with E-state index in [0.717, 1.165) is 43.5 Å². The summed E-state index contributed by atoms with van der Waals surface area (Å²) < 4.78 is 0. The van der Waals surface area contributed by atoms with Crippen LogP contribution in [0.2, 0.25) is 0 Å². The fourth-order valence-corrected chi connectivity index (χ4v) is 2.64. The predicted molar refractivity (Wildman–Crippen MR) is 88.6 cm³/mol. The lowest BCUT2D eigenvalue weighted by Gasteiger charge is -2.12. The van der Waals surface area contributed by atoms with Gasteiger partial charge in [0.1, 0.15) is 0 Å². The maximum absolute atomic E-state index is 4.48. The average molecular weight is 296 g/mol. The standard InChI is InChI=1S/C15H28N4S/c1-12(2)8-10-18-15(16-4)17-9-6-5-7-14-19-13(3)11-20-14/h11-12H,5-10H2,1-4H3,(H2,16,17,18). The van der Waals surface area contributed by atoms with Crippen molar-refractivity contribution in [3.8, 4) is 0 Å². The van der Waals surface area contributed by atoms with Crippen LogP contribution in [0.1, 0.15) is 43.8 Å². The van der Waals surface area contributed by atoms with Crippen molar-refractivity contribution in [2.75, 3.05) is 20.1 Å². The first kappa shape index (κ1) is 17.0. The molecule has 0 aliphatic heterocycles. The fraction of sp³-hybridized carbons (Fsp3) is 0.733. The Labute approximate surface area is 127 Å². The molecule has 0 saturated heterocycles. The number of thiazole rings is 1. The van der Waals surface area contributed by atoms with Gasteiger partial charge in [-0.1, -0.05) is 13.8 Å². The highest BCUT2D eigenvalue weighted by molar-refractivity contribution is 7.09. The van der Waals surface area contributed by atoms with Gasteiger partial charge in [0.05, 0.1) is 5.01 Å². The molecule has 20 heavy (non-hydrogen) atoms. The van der Waals surface area contributed by atoms with Crippen molar-refractivity contribution >= 4 is 17.3 Å². The van der Waals surface area contributed by atoms with Crippen LogP contribution < -0.4 is 10.6 Å². The molecular formula is C15H28N4S. The molecule has 0 aromatic carbocycles. The molecule has 1 rings (SSSR count). The van der Waals surface area contributed by atoms with Crippen LogP contribution in [0.25, 0.3) is 0 Å². The van der Waals surface area contributed by atoms with Gasteiger partial charge in [-0.3, -0.25) is 4.99 Å². The highest BCUT2D eigenvalue weighted by Crippen LogP contribution is 2.11. The van der Waals surface area contributed by atoms with E-state index < -0.39 is 0 Å². The summed E-state index contributed by atoms with van der Waals surface area (Å²) in [6.07, 6.45) is 4.57. The topological polar surface area (TPSA) is 49.3 Å². The summed E-state index contributed by atoms with van der Waals surface area (Å²) in [5.74, 6) is 1.64. The van der Waals surface area contributed by atoms with Gasteiger partial charge in [0, 0.05) is 31.2 Å². The Hall–Kier alpha value is -1.10. The number of hydrogen-bond donors (Lipinski definition) is 2. The monoisotopic (exact) mass is 296 g/mol. The number of nitrogens with zero attached hydrogens (tertiary/aromatic N) is 2. The molecule has 5 heteroatoms. The molecule has 0 saturated carbocycles. The molecule has 0 unspecified atom stereocenters. The molecule has 0 spiro atoms. The molecule has 0 aliphatic carbocycles. The van der Waals surface area contributed by atoms with Crippen LogP contribution in [-0.2, 0) is 6.42 Å². The van der Waals surface area contributed by atoms with Gasteiger partial charge in [0.15, 0.2) is 5.96 Å². The van der Waals surface area contributed by atoms with Crippen molar-refractivity contribution in [3.05, 3.63) is 16.1 Å². The highest BCUT2D eigenvalue weighted by atomic mass is 32.1. The maximum atomic E-state index is 4.48. The Kier molecular flexibility index (Phi) is 8.26. The first-order valence-corrected chi connectivity index (χ1v) is 8.35. The second-order valence-corrected chi connectivity index (χ2v) is 6.39. The summed E-state index contributed by atoms with van der Waals surface area (Å²) in [5.41, 5.74) is 1.14. The minimum absolute atomic E-state index is 0.724. The minimum atomic E-state index is 0.724. The van der Waals surface area contributed by atoms with Gasteiger partial charge in [-0.2, -0.15) is 0 Å². The second kappa shape index (κ2) is 9.75. The third-order valence-corrected chi connectivity index (χ3v) is 4.04. The SMILES string of the molecule is CN=C(NCCCCc1nc(C)cs1)NCCC(C)C. The summed E-state index contributed by atoms with van der Waals surface area (Å²) in [6, 6.07) is 0. The third-order valence-electron chi connectivity index (χ3n) is 3.01. The van der Waals surface area contributed by atoms with E-state index in [0.29, 0.717) is 0 Å². The lowest BCUT2D eigenvalue weighted by molar-refractivity contribution is 0.572. The van der Waals surface area contributed by atoms with E-state index in [1.807, 2.05) is 14.0 Å². The zero-order valence-corrected chi connectivity index (χ0v) is 14.0. The van der Waals surface area contributed by atoms with E-state index in [2.05, 4.69) is 39.8 Å². The number of aryl methyl sites for hydroxylation is 2. The molecule has 2 N–H and O–H groups in total. The van der Waals surface area contributed by atoms with E-state index in [9.17, 15) is 0 Å². The lowest BCUT2D eigenvalue weighted by atomic mass is 10.1. The Morgan fingerprint density at radius 2 is 2.05 bits per heavy atom. The van der Waals surface area contributed by atoms with Crippen LogP contribution in [0.4, 0.5) is 0 Å². The number of unbranched alkanes of at least 4 members (excludes halogenated alkanes) is 1. The number of rotatable bonds is 8. The van der Waals surface area contributed by atoms with Crippen molar-refractivity contribution in [1.29, 1.82) is 0 Å². The van der Waals surface area contributed by atoms with Gasteiger partial charge >= 0.3 is 0 Å². The minimum Gasteiger partial charge on any atom is -0.356 e. The Balaban J connectivity index is 2.06. The molecule has 1 aromatic rings. The van der Waals surface area contributed by atoms with Crippen molar-refractivity contribution in [3.63, 3.8) is 0 Å². The number of hydrogen-bond acceptors (Lipinski definition) is 3. The number of guanidine groups is 1. The summed E-state index contributed by atoms with van der Waals surface area (Å²) in [6.45, 7) is 8.46. The molecule has 0 bridgehead atoms. The molecule has 0 atom stereocenters. The van der Waals surface area contributed by atoms with Gasteiger partial charge < -0.3 is 10.6 Å². The third kappa shape index (κ3) is 7.48. The van der Waals surface area contributed by atoms with E-state index >= 15 is 0 Å². The smallest absolute Gasteiger partial charge is 0.190 e. The molecule has 1 aromatic heterocycles. The van der Waals surface area contributed by atoms with Crippen LogP contribution in [-0.4, -0.2) is 31.1 Å². The molecular weight excluding hydrogens is 268 g/mol. The van der Waals surface area contributed by atoms with Crippen LogP contribution in [0.15, 0.2) is 10.4 Å². The fourth-order valence-electron chi connectivity index (χ4n) is 1.83. The second-order valence-electron chi connectivity index (χ2n) is 5.45. The van der Waals surface area contributed by atoms with E-state index in [-0.39, 0.29) is 0 Å². The Morgan fingerprint density at radius 1 is 1.30 bits per heavy atom. The zero-order chi connectivity index (χ0) is 14.8. The molecule has 0 aliphatic rings. The Morgan fingerprint density at radius 3 is 2.65 bits per heavy atom. The highest BCUT2D eigenvalue weighted by Gasteiger charge is 2.00. The zero-order valence-electron chi connectivity index (χ0n) is 13.2. The molecule has 0 fully saturated rings. The maximum Gasteiger partial charge on any atom is 0.190 e. The van der Waals surface area contributed by atoms with Crippen molar-refractivity contribution < 1.29 is 0 Å². The first-order valence-electron chi connectivity index (χ1n) is 7.47. The van der Waals surface area contributed by atoms with Crippen molar-refractivity contribution in [1.82, 2.24) is 15.6 Å². The predicted octanol–water partition coefficient (Wildman–Crippen LogP) is 2.99. The molecule has 0 radical (unpaired) electrons. The van der Waals surface area contributed by atoms with E-state index in [1.165, 1.54) is 17.8 Å². The number of nitrogens with one attached hydrogen (secondary N) is 2. The van der Waals surface area contributed by atoms with Crippen LogP contribution >= 0.6 is 11.3 Å². The van der Waals surface area contributed by atoms with Crippen LogP contribution in [0.5, 0.6) is 0 Å². The van der Waals surface area contributed by atoms with Gasteiger partial charge in [0.2, 0.25) is 0 Å². The first-order chi connectivity index (χ1) is 9.61. The largest absolute Gasteiger partial charge is 0.356 e. The molecule has 4 nitrogen and oxygen atoms in total. The average Bonchev–Trinajstić information content (AvgIpc) is 2.81. The van der Waals surface area contributed by atoms with Crippen LogP contribution in [0.3, 0.4) is 0 Å². The summed E-state index contributed by atoms with van der Waals surface area (Å²) in [5, 5.41) is 10.1. The normalized spacial score (nSPS) is 11.9. The van der Waals surface area contributed by atoms with E-state index in [4.69, 9.17) is 0 Å². The number of aromatic nitrogens is 1. The van der Waals surface area contributed by atoms with Gasteiger partial charge in [-0.05, 0) is 38.5 Å². The number of aliphatic imine (C=N–C) groups is 1. The molecule has 1 heterocycles. The van der Waals surface area contributed by atoms with Gasteiger partial charge in [-0.15, -0.1) is 11.3 Å².